The fraction of sp³-hybridized carbons (Fsp3) is 0.444. The maximum Gasteiger partial charge on any atom is 0.258 e. The molecule has 0 unspecified atom stereocenters. The summed E-state index contributed by atoms with van der Waals surface area (Å²) in [7, 11) is 1.91. The molecule has 0 bridgehead atoms. The summed E-state index contributed by atoms with van der Waals surface area (Å²) in [5, 5.41) is 3.03. The van der Waals surface area contributed by atoms with Gasteiger partial charge in [0.05, 0.1) is 6.04 Å². The molecule has 0 aliphatic carbocycles. The zero-order chi connectivity index (χ0) is 17.6. The van der Waals surface area contributed by atoms with E-state index in [1.54, 1.807) is 6.20 Å². The molecule has 7 heteroatoms. The summed E-state index contributed by atoms with van der Waals surface area (Å²) in [4.78, 5) is 16.8. The zero-order valence-electron chi connectivity index (χ0n) is 14.2. The number of aryl methyl sites for hydroxylation is 1. The van der Waals surface area contributed by atoms with Gasteiger partial charge >= 0.3 is 0 Å². The second-order valence-corrected chi connectivity index (χ2v) is 6.13. The maximum absolute atomic E-state index is 12.9. The molecule has 0 saturated carbocycles. The van der Waals surface area contributed by atoms with Crippen LogP contribution in [-0.2, 0) is 16.6 Å². The molecule has 0 radical (unpaired) electrons. The van der Waals surface area contributed by atoms with Crippen molar-refractivity contribution in [2.45, 2.75) is 18.9 Å². The van der Waals surface area contributed by atoms with Crippen molar-refractivity contribution in [2.75, 3.05) is 19.8 Å². The highest BCUT2D eigenvalue weighted by Gasteiger charge is 2.29. The van der Waals surface area contributed by atoms with Crippen molar-refractivity contribution in [2.24, 2.45) is 13.0 Å². The van der Waals surface area contributed by atoms with Gasteiger partial charge < -0.3 is 19.4 Å². The van der Waals surface area contributed by atoms with Crippen LogP contribution in [0.3, 0.4) is 0 Å². The molecular formula is C18H22FN3O3. The van der Waals surface area contributed by atoms with E-state index in [2.05, 4.69) is 10.3 Å². The third kappa shape index (κ3) is 4.57. The Morgan fingerprint density at radius 1 is 1.40 bits per heavy atom. The number of nitrogens with one attached hydrogen (secondary N) is 1. The Balaban J connectivity index is 1.63. The Kier molecular flexibility index (Phi) is 5.65. The van der Waals surface area contributed by atoms with E-state index in [0.29, 0.717) is 19.0 Å². The molecule has 1 fully saturated rings. The molecule has 6 nitrogen and oxygen atoms in total. The molecular weight excluding hydrogens is 325 g/mol. The minimum Gasteiger partial charge on any atom is -0.484 e. The molecule has 1 saturated heterocycles. The van der Waals surface area contributed by atoms with Gasteiger partial charge in [0.15, 0.2) is 6.61 Å². The Bertz CT molecular complexity index is 696. The Labute approximate surface area is 146 Å². The summed E-state index contributed by atoms with van der Waals surface area (Å²) in [5.74, 6) is 0.970. The van der Waals surface area contributed by atoms with Crippen LogP contribution in [0.15, 0.2) is 36.7 Å². The van der Waals surface area contributed by atoms with Gasteiger partial charge in [0.2, 0.25) is 0 Å². The number of amides is 1. The van der Waals surface area contributed by atoms with Crippen LogP contribution in [0.4, 0.5) is 4.39 Å². The second-order valence-electron chi connectivity index (χ2n) is 6.13. The van der Waals surface area contributed by atoms with Crippen molar-refractivity contribution in [3.8, 4) is 5.75 Å². The number of ether oxygens (including phenoxy) is 2. The smallest absolute Gasteiger partial charge is 0.258 e. The van der Waals surface area contributed by atoms with Crippen LogP contribution in [0.1, 0.15) is 24.7 Å². The van der Waals surface area contributed by atoms with Crippen molar-refractivity contribution in [3.05, 3.63) is 48.3 Å². The molecule has 1 N–H and O–H groups in total. The van der Waals surface area contributed by atoms with Gasteiger partial charge in [-0.2, -0.15) is 0 Å². The topological polar surface area (TPSA) is 65.4 Å². The summed E-state index contributed by atoms with van der Waals surface area (Å²) in [6.07, 6.45) is 5.33. The monoisotopic (exact) mass is 347 g/mol. The number of nitrogens with zero attached hydrogens (tertiary/aromatic N) is 2. The van der Waals surface area contributed by atoms with E-state index in [0.717, 1.165) is 18.7 Å². The average Bonchev–Trinajstić information content (AvgIpc) is 3.06. The van der Waals surface area contributed by atoms with Gasteiger partial charge in [-0.25, -0.2) is 9.37 Å². The molecule has 25 heavy (non-hydrogen) atoms. The summed E-state index contributed by atoms with van der Waals surface area (Å²) in [6, 6.07) is 5.40. The molecule has 1 amide bonds. The number of hydrogen-bond donors (Lipinski definition) is 1. The van der Waals surface area contributed by atoms with Crippen molar-refractivity contribution >= 4 is 5.91 Å². The largest absolute Gasteiger partial charge is 0.484 e. The summed E-state index contributed by atoms with van der Waals surface area (Å²) in [5.41, 5.74) is 0. The van der Waals surface area contributed by atoms with Crippen LogP contribution in [0.25, 0.3) is 0 Å². The first-order valence-corrected chi connectivity index (χ1v) is 8.36. The molecule has 2 aromatic rings. The fourth-order valence-electron chi connectivity index (χ4n) is 3.01. The number of imidazole rings is 1. The number of halogens is 1. The number of hydrogen-bond acceptors (Lipinski definition) is 4. The van der Waals surface area contributed by atoms with Crippen LogP contribution in [0.5, 0.6) is 5.75 Å². The first-order valence-electron chi connectivity index (χ1n) is 8.36. The molecule has 1 aromatic heterocycles. The van der Waals surface area contributed by atoms with E-state index in [4.69, 9.17) is 9.47 Å². The standard InChI is InChI=1S/C18H22FN3O3/c1-22-9-8-20-18(22)17(13-6-10-24-11-7-13)21-16(23)12-25-15-4-2-14(19)3-5-15/h2-5,8-9,13,17H,6-7,10-12H2,1H3,(H,21,23)/t17-/m0/s1. The minimum atomic E-state index is -0.342. The van der Waals surface area contributed by atoms with Gasteiger partial charge in [-0.05, 0) is 43.0 Å². The lowest BCUT2D eigenvalue weighted by atomic mass is 9.91. The molecule has 1 atom stereocenters. The van der Waals surface area contributed by atoms with Gasteiger partial charge in [-0.15, -0.1) is 0 Å². The molecule has 1 aromatic carbocycles. The van der Waals surface area contributed by atoms with Gasteiger partial charge in [-0.1, -0.05) is 0 Å². The Morgan fingerprint density at radius 3 is 2.76 bits per heavy atom. The molecule has 2 heterocycles. The highest BCUT2D eigenvalue weighted by atomic mass is 19.1. The van der Waals surface area contributed by atoms with E-state index in [1.807, 2.05) is 17.8 Å². The van der Waals surface area contributed by atoms with E-state index in [1.165, 1.54) is 24.3 Å². The zero-order valence-corrected chi connectivity index (χ0v) is 14.2. The molecule has 134 valence electrons. The minimum absolute atomic E-state index is 0.129. The third-order valence-electron chi connectivity index (χ3n) is 4.37. The van der Waals surface area contributed by atoms with E-state index in [-0.39, 0.29) is 30.3 Å². The lowest BCUT2D eigenvalue weighted by molar-refractivity contribution is -0.124. The highest BCUT2D eigenvalue weighted by molar-refractivity contribution is 5.78. The van der Waals surface area contributed by atoms with E-state index in [9.17, 15) is 9.18 Å². The second kappa shape index (κ2) is 8.11. The van der Waals surface area contributed by atoms with Crippen LogP contribution in [0, 0.1) is 11.7 Å². The predicted molar refractivity (Wildman–Crippen MR) is 89.5 cm³/mol. The molecule has 3 rings (SSSR count). The van der Waals surface area contributed by atoms with Crippen molar-refractivity contribution in [1.29, 1.82) is 0 Å². The lowest BCUT2D eigenvalue weighted by Gasteiger charge is -2.30. The predicted octanol–water partition coefficient (Wildman–Crippen LogP) is 2.22. The number of rotatable bonds is 6. The van der Waals surface area contributed by atoms with E-state index < -0.39 is 0 Å². The average molecular weight is 347 g/mol. The summed E-state index contributed by atoms with van der Waals surface area (Å²) < 4.78 is 25.7. The number of benzene rings is 1. The van der Waals surface area contributed by atoms with Crippen molar-refractivity contribution in [3.63, 3.8) is 0 Å². The molecule has 0 spiro atoms. The van der Waals surface area contributed by atoms with Crippen LogP contribution < -0.4 is 10.1 Å². The van der Waals surface area contributed by atoms with E-state index >= 15 is 0 Å². The number of carbonyl (C=O) groups is 1. The van der Waals surface area contributed by atoms with Gasteiger partial charge in [0.25, 0.3) is 5.91 Å². The number of carbonyl (C=O) groups excluding carboxylic acids is 1. The van der Waals surface area contributed by atoms with Gasteiger partial charge in [0.1, 0.15) is 17.4 Å². The molecule has 1 aliphatic heterocycles. The first kappa shape index (κ1) is 17.4. The highest BCUT2D eigenvalue weighted by Crippen LogP contribution is 2.29. The first-order chi connectivity index (χ1) is 12.1. The fourth-order valence-corrected chi connectivity index (χ4v) is 3.01. The van der Waals surface area contributed by atoms with Crippen molar-refractivity contribution in [1.82, 2.24) is 14.9 Å². The Morgan fingerprint density at radius 2 is 2.12 bits per heavy atom. The molecule has 1 aliphatic rings. The SMILES string of the molecule is Cn1ccnc1[C@@H](NC(=O)COc1ccc(F)cc1)C1CCOCC1. The lowest BCUT2D eigenvalue weighted by Crippen LogP contribution is -2.39. The van der Waals surface area contributed by atoms with Crippen LogP contribution in [0.2, 0.25) is 0 Å². The summed E-state index contributed by atoms with van der Waals surface area (Å²) in [6.45, 7) is 1.25. The summed E-state index contributed by atoms with van der Waals surface area (Å²) >= 11 is 0. The van der Waals surface area contributed by atoms with Gasteiger partial charge in [-0.3, -0.25) is 4.79 Å². The van der Waals surface area contributed by atoms with Gasteiger partial charge in [0, 0.05) is 32.7 Å². The normalized spacial score (nSPS) is 16.4. The van der Waals surface area contributed by atoms with Crippen molar-refractivity contribution < 1.29 is 18.7 Å². The maximum atomic E-state index is 12.9. The quantitative estimate of drug-likeness (QED) is 0.870. The Hall–Kier alpha value is -2.41. The number of aromatic nitrogens is 2. The van der Waals surface area contributed by atoms with Crippen LogP contribution in [-0.4, -0.2) is 35.3 Å². The van der Waals surface area contributed by atoms with Crippen LogP contribution >= 0.6 is 0 Å². The third-order valence-corrected chi connectivity index (χ3v) is 4.37.